The summed E-state index contributed by atoms with van der Waals surface area (Å²) in [6.45, 7) is -0.426. The van der Waals surface area contributed by atoms with Crippen molar-refractivity contribution in [2.75, 3.05) is 11.9 Å². The number of thioether (sulfide) groups is 1. The maximum absolute atomic E-state index is 13.8. The van der Waals surface area contributed by atoms with Crippen LogP contribution in [0.5, 0.6) is 5.75 Å². The van der Waals surface area contributed by atoms with E-state index < -0.39 is 35.4 Å². The van der Waals surface area contributed by atoms with Gasteiger partial charge < -0.3 is 15.2 Å². The summed E-state index contributed by atoms with van der Waals surface area (Å²) < 4.78 is 20.4. The van der Waals surface area contributed by atoms with Crippen LogP contribution in [0.15, 0.2) is 76.1 Å². The summed E-state index contributed by atoms with van der Waals surface area (Å²) in [5.41, 5.74) is 1.35. The summed E-state index contributed by atoms with van der Waals surface area (Å²) in [6, 6.07) is 16.9. The highest BCUT2D eigenvalue weighted by molar-refractivity contribution is 9.10. The Morgan fingerprint density at radius 1 is 1.08 bits per heavy atom. The van der Waals surface area contributed by atoms with Gasteiger partial charge in [0.2, 0.25) is 5.91 Å². The maximum Gasteiger partial charge on any atom is 0.335 e. The van der Waals surface area contributed by atoms with Crippen molar-refractivity contribution >= 4 is 62.5 Å². The van der Waals surface area contributed by atoms with Gasteiger partial charge in [0.25, 0.3) is 11.1 Å². The first-order valence-electron chi connectivity index (χ1n) is 10.8. The average molecular weight is 585 g/mol. The van der Waals surface area contributed by atoms with Gasteiger partial charge in [-0.2, -0.15) is 0 Å². The topological polar surface area (TPSA) is 113 Å². The number of benzene rings is 3. The Morgan fingerprint density at radius 2 is 1.81 bits per heavy atom. The Morgan fingerprint density at radius 3 is 2.51 bits per heavy atom. The molecule has 8 nitrogen and oxygen atoms in total. The lowest BCUT2D eigenvalue weighted by Crippen LogP contribution is -2.36. The van der Waals surface area contributed by atoms with Crippen LogP contribution >= 0.6 is 27.7 Å². The zero-order valence-electron chi connectivity index (χ0n) is 18.9. The molecule has 0 atom stereocenters. The average Bonchev–Trinajstić information content (AvgIpc) is 3.12. The Hall–Kier alpha value is -3.96. The standard InChI is InChI=1S/C26H18BrFN2O6S/c27-18-9-10-21(36-14-15-5-7-16(8-6-15)25(33)34)17(11-18)12-22-24(32)30(26(35)37-22)13-23(31)29-20-4-2-1-3-19(20)28/h1-12H,13-14H2,(H,29,31)(H,33,34)/b22-12-. The van der Waals surface area contributed by atoms with Gasteiger partial charge in [0.05, 0.1) is 16.2 Å². The number of nitrogens with zero attached hydrogens (tertiary/aromatic N) is 1. The van der Waals surface area contributed by atoms with Crippen LogP contribution in [0.4, 0.5) is 14.9 Å². The Kier molecular flexibility index (Phi) is 8.04. The van der Waals surface area contributed by atoms with Crippen LogP contribution < -0.4 is 10.1 Å². The molecule has 11 heteroatoms. The first-order valence-corrected chi connectivity index (χ1v) is 12.4. The third-order valence-electron chi connectivity index (χ3n) is 5.18. The van der Waals surface area contributed by atoms with Gasteiger partial charge in [-0.15, -0.1) is 0 Å². The number of imide groups is 1. The van der Waals surface area contributed by atoms with Gasteiger partial charge in [-0.05, 0) is 65.9 Å². The Labute approximate surface area is 223 Å². The summed E-state index contributed by atoms with van der Waals surface area (Å²) >= 11 is 4.06. The molecule has 3 aromatic rings. The third kappa shape index (κ3) is 6.43. The van der Waals surface area contributed by atoms with Crippen molar-refractivity contribution in [1.29, 1.82) is 0 Å². The van der Waals surface area contributed by atoms with Crippen molar-refractivity contribution in [3.05, 3.63) is 98.6 Å². The molecule has 0 spiro atoms. The molecular weight excluding hydrogens is 567 g/mol. The monoisotopic (exact) mass is 584 g/mol. The van der Waals surface area contributed by atoms with Crippen molar-refractivity contribution in [2.45, 2.75) is 6.61 Å². The minimum Gasteiger partial charge on any atom is -0.488 e. The van der Waals surface area contributed by atoms with Crippen LogP contribution in [0.1, 0.15) is 21.5 Å². The number of carbonyl (C=O) groups is 4. The minimum absolute atomic E-state index is 0.0523. The molecule has 0 aliphatic carbocycles. The molecule has 3 aromatic carbocycles. The third-order valence-corrected chi connectivity index (χ3v) is 6.58. The van der Waals surface area contributed by atoms with Gasteiger partial charge in [0, 0.05) is 10.0 Å². The van der Waals surface area contributed by atoms with E-state index in [2.05, 4.69) is 21.2 Å². The van der Waals surface area contributed by atoms with Crippen LogP contribution in [-0.4, -0.2) is 39.6 Å². The number of anilines is 1. The highest BCUT2D eigenvalue weighted by Gasteiger charge is 2.36. The number of hydrogen-bond donors (Lipinski definition) is 2. The van der Waals surface area contributed by atoms with Crippen molar-refractivity contribution in [3.8, 4) is 5.75 Å². The summed E-state index contributed by atoms with van der Waals surface area (Å²) in [5, 5.41) is 10.8. The van der Waals surface area contributed by atoms with Crippen LogP contribution in [-0.2, 0) is 16.2 Å². The summed E-state index contributed by atoms with van der Waals surface area (Å²) in [4.78, 5) is 49.6. The number of carbonyl (C=O) groups excluding carboxylic acids is 3. The van der Waals surface area contributed by atoms with E-state index in [1.807, 2.05) is 0 Å². The van der Waals surface area contributed by atoms with Crippen molar-refractivity contribution in [3.63, 3.8) is 0 Å². The summed E-state index contributed by atoms with van der Waals surface area (Å²) in [7, 11) is 0. The van der Waals surface area contributed by atoms with E-state index >= 15 is 0 Å². The fourth-order valence-electron chi connectivity index (χ4n) is 3.34. The molecule has 1 aliphatic heterocycles. The number of ether oxygens (including phenoxy) is 1. The largest absolute Gasteiger partial charge is 0.488 e. The molecule has 1 heterocycles. The van der Waals surface area contributed by atoms with Crippen LogP contribution in [0.2, 0.25) is 0 Å². The number of aromatic carboxylic acids is 1. The lowest BCUT2D eigenvalue weighted by Gasteiger charge is -2.13. The molecule has 1 fully saturated rings. The number of rotatable bonds is 8. The quantitative estimate of drug-likeness (QED) is 0.334. The normalized spacial score (nSPS) is 14.2. The number of para-hydroxylation sites is 1. The molecule has 0 bridgehead atoms. The molecular formula is C26H18BrFN2O6S. The Bertz CT molecular complexity index is 1430. The SMILES string of the molecule is O=C(CN1C(=O)S/C(=C\c2cc(Br)ccc2OCc2ccc(C(=O)O)cc2)C1=O)Nc1ccccc1F. The zero-order valence-corrected chi connectivity index (χ0v) is 21.3. The fraction of sp³-hybridized carbons (Fsp3) is 0.0769. The molecule has 4 rings (SSSR count). The van der Waals surface area contributed by atoms with E-state index in [1.165, 1.54) is 36.4 Å². The molecule has 0 radical (unpaired) electrons. The first-order chi connectivity index (χ1) is 17.7. The predicted molar refractivity (Wildman–Crippen MR) is 140 cm³/mol. The Balaban J connectivity index is 1.47. The second kappa shape index (κ2) is 11.4. The summed E-state index contributed by atoms with van der Waals surface area (Å²) in [5.74, 6) is -2.61. The van der Waals surface area contributed by atoms with Crippen molar-refractivity contribution in [2.24, 2.45) is 0 Å². The molecule has 37 heavy (non-hydrogen) atoms. The van der Waals surface area contributed by atoms with Gasteiger partial charge in [-0.1, -0.05) is 40.2 Å². The van der Waals surface area contributed by atoms with Gasteiger partial charge in [-0.3, -0.25) is 19.3 Å². The molecule has 2 N–H and O–H groups in total. The minimum atomic E-state index is -1.03. The lowest BCUT2D eigenvalue weighted by atomic mass is 10.1. The molecule has 188 valence electrons. The van der Waals surface area contributed by atoms with Gasteiger partial charge >= 0.3 is 5.97 Å². The zero-order chi connectivity index (χ0) is 26.5. The first kappa shape index (κ1) is 26.1. The molecule has 3 amide bonds. The van der Waals surface area contributed by atoms with Crippen LogP contribution in [0, 0.1) is 5.82 Å². The number of nitrogens with one attached hydrogen (secondary N) is 1. The molecule has 0 aromatic heterocycles. The number of hydrogen-bond acceptors (Lipinski definition) is 6. The second-order valence-corrected chi connectivity index (χ2v) is 9.68. The smallest absolute Gasteiger partial charge is 0.335 e. The molecule has 0 unspecified atom stereocenters. The van der Waals surface area contributed by atoms with Crippen LogP contribution in [0.25, 0.3) is 6.08 Å². The van der Waals surface area contributed by atoms with E-state index in [4.69, 9.17) is 9.84 Å². The number of halogens is 2. The summed E-state index contributed by atoms with van der Waals surface area (Å²) in [6.07, 6.45) is 1.49. The highest BCUT2D eigenvalue weighted by Crippen LogP contribution is 2.35. The number of carboxylic acid groups (broad SMARTS) is 1. The number of carboxylic acids is 1. The van der Waals surface area contributed by atoms with E-state index in [1.54, 1.807) is 36.4 Å². The number of amides is 3. The highest BCUT2D eigenvalue weighted by atomic mass is 79.9. The van der Waals surface area contributed by atoms with Crippen molar-refractivity contribution < 1.29 is 33.4 Å². The fourth-order valence-corrected chi connectivity index (χ4v) is 4.55. The maximum atomic E-state index is 13.8. The van der Waals surface area contributed by atoms with Crippen molar-refractivity contribution in [1.82, 2.24) is 4.90 Å². The second-order valence-electron chi connectivity index (χ2n) is 7.77. The molecule has 0 saturated carbocycles. The predicted octanol–water partition coefficient (Wildman–Crippen LogP) is 5.54. The van der Waals surface area contributed by atoms with Gasteiger partial charge in [-0.25, -0.2) is 9.18 Å². The van der Waals surface area contributed by atoms with E-state index in [9.17, 15) is 23.6 Å². The van der Waals surface area contributed by atoms with E-state index in [-0.39, 0.29) is 22.8 Å². The molecule has 1 saturated heterocycles. The lowest BCUT2D eigenvalue weighted by molar-refractivity contribution is -0.127. The van der Waals surface area contributed by atoms with Crippen LogP contribution in [0.3, 0.4) is 0 Å². The van der Waals surface area contributed by atoms with Gasteiger partial charge in [0.15, 0.2) is 0 Å². The van der Waals surface area contributed by atoms with E-state index in [0.717, 1.165) is 10.5 Å². The van der Waals surface area contributed by atoms with Gasteiger partial charge in [0.1, 0.15) is 24.7 Å². The van der Waals surface area contributed by atoms with E-state index in [0.29, 0.717) is 27.5 Å². The molecule has 1 aliphatic rings.